The van der Waals surface area contributed by atoms with Gasteiger partial charge >= 0.3 is 0 Å². The normalized spacial score (nSPS) is 18.4. The van der Waals surface area contributed by atoms with E-state index in [1.54, 1.807) is 0 Å². The lowest BCUT2D eigenvalue weighted by Crippen LogP contribution is -2.06. The van der Waals surface area contributed by atoms with Crippen LogP contribution in [0.25, 0.3) is 5.65 Å². The minimum atomic E-state index is 0.733. The number of aromatic nitrogens is 2. The molecule has 2 aromatic rings. The standard InChI is InChI=1S/C13H16N2/c1-2-6-11(7-3-1)12-10-14-13-8-4-5-9-15(12)13/h4-5,8-11H,1-3,6-7H2. The Hall–Kier alpha value is -1.31. The van der Waals surface area contributed by atoms with E-state index in [1.807, 2.05) is 6.07 Å². The minimum Gasteiger partial charge on any atom is -0.304 e. The van der Waals surface area contributed by atoms with Gasteiger partial charge in [-0.1, -0.05) is 25.3 Å². The molecule has 0 radical (unpaired) electrons. The average molecular weight is 200 g/mol. The molecule has 1 aliphatic carbocycles. The molecule has 2 aromatic heterocycles. The van der Waals surface area contributed by atoms with Crippen LogP contribution >= 0.6 is 0 Å². The maximum atomic E-state index is 4.46. The molecule has 0 saturated heterocycles. The number of nitrogens with zero attached hydrogens (tertiary/aromatic N) is 2. The molecule has 2 heteroatoms. The Morgan fingerprint density at radius 1 is 1.13 bits per heavy atom. The highest BCUT2D eigenvalue weighted by Gasteiger charge is 2.18. The SMILES string of the molecule is c1ccn2c(C3CCCCC3)cnc2c1. The molecule has 3 rings (SSSR count). The third-order valence-electron chi connectivity index (χ3n) is 3.47. The molecule has 15 heavy (non-hydrogen) atoms. The first-order chi connectivity index (χ1) is 7.45. The second-order valence-electron chi connectivity index (χ2n) is 4.45. The van der Waals surface area contributed by atoms with Crippen molar-refractivity contribution in [1.29, 1.82) is 0 Å². The van der Waals surface area contributed by atoms with E-state index in [2.05, 4.69) is 33.9 Å². The number of fused-ring (bicyclic) bond motifs is 1. The largest absolute Gasteiger partial charge is 0.304 e. The second kappa shape index (κ2) is 3.69. The van der Waals surface area contributed by atoms with E-state index in [0.717, 1.165) is 11.6 Å². The summed E-state index contributed by atoms with van der Waals surface area (Å²) in [6, 6.07) is 6.21. The molecule has 0 spiro atoms. The Balaban J connectivity index is 2.02. The van der Waals surface area contributed by atoms with E-state index in [4.69, 9.17) is 0 Å². The fourth-order valence-electron chi connectivity index (χ4n) is 2.65. The quantitative estimate of drug-likeness (QED) is 0.689. The van der Waals surface area contributed by atoms with Crippen LogP contribution in [0.3, 0.4) is 0 Å². The zero-order chi connectivity index (χ0) is 10.1. The molecule has 0 aromatic carbocycles. The van der Waals surface area contributed by atoms with Gasteiger partial charge in [-0.15, -0.1) is 0 Å². The van der Waals surface area contributed by atoms with Gasteiger partial charge in [0.15, 0.2) is 0 Å². The molecule has 0 amide bonds. The van der Waals surface area contributed by atoms with Crippen LogP contribution in [0.15, 0.2) is 30.6 Å². The van der Waals surface area contributed by atoms with E-state index >= 15 is 0 Å². The lowest BCUT2D eigenvalue weighted by atomic mass is 9.87. The highest BCUT2D eigenvalue weighted by molar-refractivity contribution is 5.40. The fourth-order valence-corrected chi connectivity index (χ4v) is 2.65. The van der Waals surface area contributed by atoms with Crippen molar-refractivity contribution < 1.29 is 0 Å². The van der Waals surface area contributed by atoms with Gasteiger partial charge in [-0.3, -0.25) is 0 Å². The lowest BCUT2D eigenvalue weighted by Gasteiger charge is -2.20. The molecule has 0 N–H and O–H groups in total. The maximum Gasteiger partial charge on any atom is 0.136 e. The summed E-state index contributed by atoms with van der Waals surface area (Å²) < 4.78 is 2.25. The predicted molar refractivity (Wildman–Crippen MR) is 61.0 cm³/mol. The molecule has 0 atom stereocenters. The Kier molecular flexibility index (Phi) is 2.20. The van der Waals surface area contributed by atoms with Crippen molar-refractivity contribution >= 4 is 5.65 Å². The van der Waals surface area contributed by atoms with Gasteiger partial charge in [0.25, 0.3) is 0 Å². The van der Waals surface area contributed by atoms with Crippen molar-refractivity contribution in [3.05, 3.63) is 36.3 Å². The topological polar surface area (TPSA) is 17.3 Å². The molecule has 1 aliphatic rings. The highest BCUT2D eigenvalue weighted by Crippen LogP contribution is 2.32. The van der Waals surface area contributed by atoms with Gasteiger partial charge < -0.3 is 4.40 Å². The van der Waals surface area contributed by atoms with Crippen LogP contribution in [0.1, 0.15) is 43.7 Å². The smallest absolute Gasteiger partial charge is 0.136 e. The average Bonchev–Trinajstić information content (AvgIpc) is 2.74. The zero-order valence-corrected chi connectivity index (χ0v) is 8.89. The van der Waals surface area contributed by atoms with Crippen molar-refractivity contribution in [2.75, 3.05) is 0 Å². The summed E-state index contributed by atoms with van der Waals surface area (Å²) in [5, 5.41) is 0. The first kappa shape index (κ1) is 8.96. The summed E-state index contributed by atoms with van der Waals surface area (Å²) in [6.45, 7) is 0. The van der Waals surface area contributed by atoms with Crippen molar-refractivity contribution in [3.8, 4) is 0 Å². The predicted octanol–water partition coefficient (Wildman–Crippen LogP) is 3.38. The summed E-state index contributed by atoms with van der Waals surface area (Å²) in [6.07, 6.45) is 11.0. The third kappa shape index (κ3) is 1.54. The van der Waals surface area contributed by atoms with Crippen molar-refractivity contribution in [1.82, 2.24) is 9.38 Å². The zero-order valence-electron chi connectivity index (χ0n) is 8.89. The Labute approximate surface area is 90.0 Å². The van der Waals surface area contributed by atoms with E-state index in [1.165, 1.54) is 37.8 Å². The molecule has 0 unspecified atom stereocenters. The molecular weight excluding hydrogens is 184 g/mol. The van der Waals surface area contributed by atoms with E-state index in [9.17, 15) is 0 Å². The molecular formula is C13H16N2. The number of imidazole rings is 1. The molecule has 2 nitrogen and oxygen atoms in total. The molecule has 78 valence electrons. The summed E-state index contributed by atoms with van der Waals surface area (Å²) in [4.78, 5) is 4.46. The summed E-state index contributed by atoms with van der Waals surface area (Å²) >= 11 is 0. The van der Waals surface area contributed by atoms with E-state index in [0.29, 0.717) is 0 Å². The Bertz CT molecular complexity index is 452. The molecule has 0 aliphatic heterocycles. The Morgan fingerprint density at radius 3 is 2.87 bits per heavy atom. The molecule has 1 fully saturated rings. The fraction of sp³-hybridized carbons (Fsp3) is 0.462. The van der Waals surface area contributed by atoms with Gasteiger partial charge in [0.1, 0.15) is 5.65 Å². The summed E-state index contributed by atoms with van der Waals surface area (Å²) in [5.41, 5.74) is 2.49. The molecule has 2 heterocycles. The van der Waals surface area contributed by atoms with Crippen LogP contribution in [0.4, 0.5) is 0 Å². The highest BCUT2D eigenvalue weighted by atomic mass is 15.0. The summed E-state index contributed by atoms with van der Waals surface area (Å²) in [5.74, 6) is 0.733. The van der Waals surface area contributed by atoms with E-state index < -0.39 is 0 Å². The monoisotopic (exact) mass is 200 g/mol. The first-order valence-electron chi connectivity index (χ1n) is 5.87. The van der Waals surface area contributed by atoms with Gasteiger partial charge in [0.05, 0.1) is 0 Å². The number of rotatable bonds is 1. The molecule has 0 bridgehead atoms. The van der Waals surface area contributed by atoms with Gasteiger partial charge in [-0.25, -0.2) is 4.98 Å². The van der Waals surface area contributed by atoms with Crippen molar-refractivity contribution in [2.24, 2.45) is 0 Å². The van der Waals surface area contributed by atoms with Crippen LogP contribution < -0.4 is 0 Å². The van der Waals surface area contributed by atoms with Crippen molar-refractivity contribution in [3.63, 3.8) is 0 Å². The van der Waals surface area contributed by atoms with Crippen LogP contribution in [0.5, 0.6) is 0 Å². The van der Waals surface area contributed by atoms with Crippen LogP contribution in [0.2, 0.25) is 0 Å². The number of hydrogen-bond acceptors (Lipinski definition) is 1. The van der Waals surface area contributed by atoms with Crippen LogP contribution in [-0.2, 0) is 0 Å². The maximum absolute atomic E-state index is 4.46. The van der Waals surface area contributed by atoms with Crippen LogP contribution in [0, 0.1) is 0 Å². The lowest BCUT2D eigenvalue weighted by molar-refractivity contribution is 0.435. The Morgan fingerprint density at radius 2 is 2.00 bits per heavy atom. The number of hydrogen-bond donors (Lipinski definition) is 0. The van der Waals surface area contributed by atoms with Gasteiger partial charge in [0.2, 0.25) is 0 Å². The minimum absolute atomic E-state index is 0.733. The van der Waals surface area contributed by atoms with Gasteiger partial charge in [0, 0.05) is 24.0 Å². The number of pyridine rings is 1. The van der Waals surface area contributed by atoms with Gasteiger partial charge in [-0.2, -0.15) is 0 Å². The van der Waals surface area contributed by atoms with E-state index in [-0.39, 0.29) is 0 Å². The van der Waals surface area contributed by atoms with Crippen LogP contribution in [-0.4, -0.2) is 9.38 Å². The summed E-state index contributed by atoms with van der Waals surface area (Å²) in [7, 11) is 0. The first-order valence-corrected chi connectivity index (χ1v) is 5.87. The third-order valence-corrected chi connectivity index (χ3v) is 3.47. The van der Waals surface area contributed by atoms with Crippen molar-refractivity contribution in [2.45, 2.75) is 38.0 Å². The second-order valence-corrected chi connectivity index (χ2v) is 4.45. The van der Waals surface area contributed by atoms with Gasteiger partial charge in [-0.05, 0) is 25.0 Å². The molecule has 1 saturated carbocycles.